The predicted molar refractivity (Wildman–Crippen MR) is 77.1 cm³/mol. The largest absolute Gasteiger partial charge is 0.460 e. The second-order valence-corrected chi connectivity index (χ2v) is 4.55. The summed E-state index contributed by atoms with van der Waals surface area (Å²) < 4.78 is 5.60. The van der Waals surface area contributed by atoms with Gasteiger partial charge in [0.05, 0.1) is 5.39 Å². The van der Waals surface area contributed by atoms with Gasteiger partial charge in [0.15, 0.2) is 5.78 Å². The minimum atomic E-state index is -0.303. The first-order chi connectivity index (χ1) is 9.68. The third-order valence-electron chi connectivity index (χ3n) is 3.24. The lowest BCUT2D eigenvalue weighted by molar-refractivity contribution is 0.103. The Morgan fingerprint density at radius 3 is 2.35 bits per heavy atom. The Hall–Kier alpha value is -2.68. The molecule has 0 unspecified atom stereocenters. The molecular weight excluding hydrogens is 252 g/mol. The number of hydrogen-bond donors (Lipinski definition) is 0. The van der Waals surface area contributed by atoms with Gasteiger partial charge in [-0.25, -0.2) is 0 Å². The fourth-order valence-corrected chi connectivity index (χ4v) is 2.25. The molecule has 0 N–H and O–H groups in total. The highest BCUT2D eigenvalue weighted by molar-refractivity contribution is 6.10. The van der Waals surface area contributed by atoms with Crippen LogP contribution < -0.4 is 5.43 Å². The number of ketones is 1. The maximum absolute atomic E-state index is 12.5. The second kappa shape index (κ2) is 4.78. The predicted octanol–water partition coefficient (Wildman–Crippen LogP) is 3.33. The zero-order valence-corrected chi connectivity index (χ0v) is 10.9. The Kier molecular flexibility index (Phi) is 2.95. The van der Waals surface area contributed by atoms with E-state index in [0.717, 1.165) is 0 Å². The molecule has 1 heterocycles. The quantitative estimate of drug-likeness (QED) is 0.667. The van der Waals surface area contributed by atoms with Gasteiger partial charge < -0.3 is 4.42 Å². The van der Waals surface area contributed by atoms with Crippen molar-refractivity contribution in [3.63, 3.8) is 0 Å². The lowest BCUT2D eigenvalue weighted by Crippen LogP contribution is -2.18. The van der Waals surface area contributed by atoms with E-state index < -0.39 is 0 Å². The van der Waals surface area contributed by atoms with E-state index in [-0.39, 0.29) is 16.8 Å². The molecule has 0 saturated carbocycles. The van der Waals surface area contributed by atoms with Crippen molar-refractivity contribution >= 4 is 16.8 Å². The number of aryl methyl sites for hydroxylation is 1. The van der Waals surface area contributed by atoms with Crippen LogP contribution >= 0.6 is 0 Å². The molecule has 0 radical (unpaired) electrons. The average Bonchev–Trinajstić information content (AvgIpc) is 2.48. The van der Waals surface area contributed by atoms with Crippen molar-refractivity contribution in [1.82, 2.24) is 0 Å². The number of carbonyl (C=O) groups is 1. The first kappa shape index (κ1) is 12.4. The Morgan fingerprint density at radius 1 is 0.950 bits per heavy atom. The molecule has 0 aliphatic carbocycles. The number of fused-ring (bicyclic) bond motifs is 1. The first-order valence-corrected chi connectivity index (χ1v) is 6.30. The highest BCUT2D eigenvalue weighted by Crippen LogP contribution is 2.17. The summed E-state index contributed by atoms with van der Waals surface area (Å²) in [5.41, 5.74) is 0.811. The van der Waals surface area contributed by atoms with E-state index in [1.54, 1.807) is 55.5 Å². The van der Waals surface area contributed by atoms with Crippen LogP contribution in [-0.4, -0.2) is 5.78 Å². The summed E-state index contributed by atoms with van der Waals surface area (Å²) in [6.45, 7) is 1.64. The van der Waals surface area contributed by atoms with Crippen LogP contribution in [0.3, 0.4) is 0 Å². The molecule has 0 amide bonds. The van der Waals surface area contributed by atoms with Crippen LogP contribution in [0, 0.1) is 6.92 Å². The lowest BCUT2D eigenvalue weighted by Gasteiger charge is -2.05. The van der Waals surface area contributed by atoms with Crippen LogP contribution in [0.15, 0.2) is 63.8 Å². The smallest absolute Gasteiger partial charge is 0.204 e. The summed E-state index contributed by atoms with van der Waals surface area (Å²) >= 11 is 0. The van der Waals surface area contributed by atoms with Crippen molar-refractivity contribution in [3.8, 4) is 0 Å². The van der Waals surface area contributed by atoms with Crippen LogP contribution in [0.25, 0.3) is 11.0 Å². The van der Waals surface area contributed by atoms with E-state index >= 15 is 0 Å². The molecule has 0 aliphatic rings. The number of carbonyl (C=O) groups excluding carboxylic acids is 1. The van der Waals surface area contributed by atoms with E-state index in [9.17, 15) is 9.59 Å². The van der Waals surface area contributed by atoms with Gasteiger partial charge >= 0.3 is 0 Å². The topological polar surface area (TPSA) is 47.3 Å². The van der Waals surface area contributed by atoms with E-state index in [1.165, 1.54) is 0 Å². The minimum Gasteiger partial charge on any atom is -0.460 e. The zero-order valence-electron chi connectivity index (χ0n) is 10.9. The Labute approximate surface area is 115 Å². The van der Waals surface area contributed by atoms with Gasteiger partial charge in [0, 0.05) is 5.56 Å². The molecule has 3 rings (SSSR count). The molecule has 0 aliphatic heterocycles. The van der Waals surface area contributed by atoms with Gasteiger partial charge in [-0.05, 0) is 19.1 Å². The molecule has 20 heavy (non-hydrogen) atoms. The fourth-order valence-electron chi connectivity index (χ4n) is 2.25. The molecule has 3 aromatic rings. The van der Waals surface area contributed by atoms with Crippen molar-refractivity contribution in [2.45, 2.75) is 6.92 Å². The van der Waals surface area contributed by atoms with Gasteiger partial charge in [-0.1, -0.05) is 42.5 Å². The summed E-state index contributed by atoms with van der Waals surface area (Å²) in [4.78, 5) is 25.0. The molecule has 98 valence electrons. The second-order valence-electron chi connectivity index (χ2n) is 4.55. The third-order valence-corrected chi connectivity index (χ3v) is 3.24. The van der Waals surface area contributed by atoms with Crippen LogP contribution in [0.5, 0.6) is 0 Å². The molecule has 0 atom stereocenters. The highest BCUT2D eigenvalue weighted by Gasteiger charge is 2.19. The van der Waals surface area contributed by atoms with Gasteiger partial charge in [-0.3, -0.25) is 9.59 Å². The molecule has 0 spiro atoms. The lowest BCUT2D eigenvalue weighted by atomic mass is 10.0. The maximum atomic E-state index is 12.5. The van der Waals surface area contributed by atoms with Gasteiger partial charge in [-0.15, -0.1) is 0 Å². The third kappa shape index (κ3) is 1.93. The van der Waals surface area contributed by atoms with E-state index in [0.29, 0.717) is 22.3 Å². The summed E-state index contributed by atoms with van der Waals surface area (Å²) in [7, 11) is 0. The molecular formula is C17H12O3. The van der Waals surface area contributed by atoms with Gasteiger partial charge in [-0.2, -0.15) is 0 Å². The molecule has 3 nitrogen and oxygen atoms in total. The summed E-state index contributed by atoms with van der Waals surface area (Å²) in [5.74, 6) is 0.0464. The molecule has 3 heteroatoms. The van der Waals surface area contributed by atoms with Crippen molar-refractivity contribution in [1.29, 1.82) is 0 Å². The van der Waals surface area contributed by atoms with Crippen molar-refractivity contribution in [3.05, 3.63) is 81.7 Å². The number of benzene rings is 2. The Bertz CT molecular complexity index is 845. The normalized spacial score (nSPS) is 10.7. The SMILES string of the molecule is Cc1oc2ccccc2c(=O)c1C(=O)c1ccccc1. The van der Waals surface area contributed by atoms with Crippen LogP contribution in [0.4, 0.5) is 0 Å². The van der Waals surface area contributed by atoms with E-state index in [4.69, 9.17) is 4.42 Å². The van der Waals surface area contributed by atoms with Gasteiger partial charge in [0.1, 0.15) is 16.9 Å². The molecule has 0 fully saturated rings. The number of hydrogen-bond acceptors (Lipinski definition) is 3. The molecule has 0 bridgehead atoms. The van der Waals surface area contributed by atoms with E-state index in [2.05, 4.69) is 0 Å². The van der Waals surface area contributed by atoms with Gasteiger partial charge in [0.2, 0.25) is 5.43 Å². The molecule has 2 aromatic carbocycles. The average molecular weight is 264 g/mol. The zero-order chi connectivity index (χ0) is 14.1. The molecule has 1 aromatic heterocycles. The van der Waals surface area contributed by atoms with Crippen molar-refractivity contribution in [2.75, 3.05) is 0 Å². The standard InChI is InChI=1S/C17H12O3/c1-11-15(16(18)12-7-3-2-4-8-12)17(19)13-9-5-6-10-14(13)20-11/h2-10H,1H3. The van der Waals surface area contributed by atoms with Crippen molar-refractivity contribution in [2.24, 2.45) is 0 Å². The van der Waals surface area contributed by atoms with Crippen molar-refractivity contribution < 1.29 is 9.21 Å². The first-order valence-electron chi connectivity index (χ1n) is 6.30. The maximum Gasteiger partial charge on any atom is 0.204 e. The minimum absolute atomic E-state index is 0.106. The van der Waals surface area contributed by atoms with E-state index in [1.807, 2.05) is 6.07 Å². The summed E-state index contributed by atoms with van der Waals surface area (Å²) in [5, 5.41) is 0.428. The number of rotatable bonds is 2. The summed E-state index contributed by atoms with van der Waals surface area (Å²) in [6, 6.07) is 15.7. The number of para-hydroxylation sites is 1. The summed E-state index contributed by atoms with van der Waals surface area (Å²) in [6.07, 6.45) is 0. The fraction of sp³-hybridized carbons (Fsp3) is 0.0588. The Morgan fingerprint density at radius 2 is 1.60 bits per heavy atom. The monoisotopic (exact) mass is 264 g/mol. The Balaban J connectivity index is 2.27. The highest BCUT2D eigenvalue weighted by atomic mass is 16.3. The van der Waals surface area contributed by atoms with Gasteiger partial charge in [0.25, 0.3) is 0 Å². The van der Waals surface area contributed by atoms with Crippen LogP contribution in [0.2, 0.25) is 0 Å². The van der Waals surface area contributed by atoms with Crippen LogP contribution in [-0.2, 0) is 0 Å². The molecule has 0 saturated heterocycles. The van der Waals surface area contributed by atoms with Crippen LogP contribution in [0.1, 0.15) is 21.7 Å².